The number of aliphatic hydroxyl groups is 8. The molecule has 0 aromatic rings. The maximum atomic E-state index is 13.2. The van der Waals surface area contributed by atoms with Crippen LogP contribution in [0.3, 0.4) is 0 Å². The fraction of sp³-hybridized carbons (Fsp3) is 0.941. The summed E-state index contributed by atoms with van der Waals surface area (Å²) in [5.41, 5.74) is 0. The molecule has 2 aliphatic heterocycles. The van der Waals surface area contributed by atoms with Crippen molar-refractivity contribution >= 4 is 5.91 Å². The van der Waals surface area contributed by atoms with Crippen molar-refractivity contribution in [3.63, 3.8) is 0 Å². The largest absolute Gasteiger partial charge is 0.394 e. The van der Waals surface area contributed by atoms with E-state index in [4.69, 9.17) is 18.9 Å². The number of carbonyl (C=O) groups is 1. The zero-order valence-corrected chi connectivity index (χ0v) is 40.7. The maximum absolute atomic E-state index is 13.2. The van der Waals surface area contributed by atoms with Crippen molar-refractivity contribution in [2.24, 2.45) is 0 Å². The van der Waals surface area contributed by atoms with Crippen LogP contribution in [0.1, 0.15) is 213 Å². The van der Waals surface area contributed by atoms with Gasteiger partial charge in [0.1, 0.15) is 48.8 Å². The molecule has 2 saturated heterocycles. The van der Waals surface area contributed by atoms with E-state index in [1.807, 2.05) is 0 Å². The Labute approximate surface area is 393 Å². The minimum atomic E-state index is -1.78. The number of nitrogens with one attached hydrogen (secondary N) is 1. The third-order valence-electron chi connectivity index (χ3n) is 13.2. The van der Waals surface area contributed by atoms with Gasteiger partial charge in [-0.1, -0.05) is 180 Å². The molecule has 0 aromatic heterocycles. The van der Waals surface area contributed by atoms with Crippen LogP contribution in [-0.2, 0) is 23.7 Å². The second kappa shape index (κ2) is 38.6. The van der Waals surface area contributed by atoms with Crippen LogP contribution >= 0.6 is 0 Å². The second-order valence-electron chi connectivity index (χ2n) is 19.0. The second-order valence-corrected chi connectivity index (χ2v) is 19.0. The summed E-state index contributed by atoms with van der Waals surface area (Å²) in [7, 11) is 0. The number of aliphatic hydroxyl groups excluding tert-OH is 8. The standard InChI is InChI=1S/C51H97NO13/c1-3-5-7-9-11-13-15-17-19-21-22-24-26-28-30-32-34-40(55)39(52-43(56)35-33-31-29-27-25-23-20-18-16-14-12-10-8-6-4-2)38-62-50-48(61)46(59)49(42(37-54)64-50)65-51-47(60)45(58)44(57)41(36-53)63-51/h18,20,39-42,44-51,53-55,57-61H,3-17,19,21-38H2,1-2H3,(H,52,56)/b20-18-. The van der Waals surface area contributed by atoms with E-state index < -0.39 is 86.8 Å². The minimum absolute atomic E-state index is 0.214. The Morgan fingerprint density at radius 2 is 0.969 bits per heavy atom. The molecule has 65 heavy (non-hydrogen) atoms. The van der Waals surface area contributed by atoms with Gasteiger partial charge in [0.2, 0.25) is 5.91 Å². The van der Waals surface area contributed by atoms with E-state index in [-0.39, 0.29) is 12.5 Å². The molecule has 2 heterocycles. The normalized spacial score (nSPS) is 27.0. The van der Waals surface area contributed by atoms with Crippen LogP contribution in [0.15, 0.2) is 12.2 Å². The molecule has 384 valence electrons. The SMILES string of the molecule is CCCCCCCC/C=C\CCCCCCCC(=O)NC(COC1OC(CO)C(OC2OC(CO)C(O)C(O)C2O)C(O)C1O)C(O)CCCCCCCCCCCCCCCCCC. The van der Waals surface area contributed by atoms with Crippen LogP contribution in [0.5, 0.6) is 0 Å². The first-order valence-corrected chi connectivity index (χ1v) is 26.4. The molecule has 0 radical (unpaired) electrons. The number of allylic oxidation sites excluding steroid dienone is 2. The van der Waals surface area contributed by atoms with E-state index in [2.05, 4.69) is 31.3 Å². The number of hydrogen-bond acceptors (Lipinski definition) is 13. The van der Waals surface area contributed by atoms with Crippen LogP contribution in [-0.4, -0.2) is 140 Å². The minimum Gasteiger partial charge on any atom is -0.394 e. The molecular formula is C51H97NO13. The van der Waals surface area contributed by atoms with Gasteiger partial charge in [-0.3, -0.25) is 4.79 Å². The highest BCUT2D eigenvalue weighted by Crippen LogP contribution is 2.30. The molecule has 0 aliphatic carbocycles. The predicted molar refractivity (Wildman–Crippen MR) is 254 cm³/mol. The molecule has 12 atom stereocenters. The van der Waals surface area contributed by atoms with Crippen molar-refractivity contribution < 1.29 is 64.6 Å². The molecule has 12 unspecified atom stereocenters. The third-order valence-corrected chi connectivity index (χ3v) is 13.2. The molecule has 9 N–H and O–H groups in total. The molecule has 0 spiro atoms. The highest BCUT2D eigenvalue weighted by molar-refractivity contribution is 5.76. The van der Waals surface area contributed by atoms with Crippen LogP contribution in [0, 0.1) is 0 Å². The van der Waals surface area contributed by atoms with Gasteiger partial charge in [0.25, 0.3) is 0 Å². The van der Waals surface area contributed by atoms with Crippen molar-refractivity contribution in [3.8, 4) is 0 Å². The van der Waals surface area contributed by atoms with E-state index in [1.165, 1.54) is 116 Å². The van der Waals surface area contributed by atoms with Gasteiger partial charge < -0.3 is 65.1 Å². The van der Waals surface area contributed by atoms with Gasteiger partial charge >= 0.3 is 0 Å². The summed E-state index contributed by atoms with van der Waals surface area (Å²) >= 11 is 0. The molecule has 2 rings (SSSR count). The third kappa shape index (κ3) is 25.8. The van der Waals surface area contributed by atoms with Crippen LogP contribution in [0.25, 0.3) is 0 Å². The quantitative estimate of drug-likeness (QED) is 0.0219. The lowest BCUT2D eigenvalue weighted by Crippen LogP contribution is -2.65. The fourth-order valence-electron chi connectivity index (χ4n) is 8.88. The van der Waals surface area contributed by atoms with Gasteiger partial charge in [-0.2, -0.15) is 0 Å². The van der Waals surface area contributed by atoms with Gasteiger partial charge in [0.05, 0.1) is 32.0 Å². The average molecular weight is 932 g/mol. The average Bonchev–Trinajstić information content (AvgIpc) is 3.30. The molecule has 1 amide bonds. The van der Waals surface area contributed by atoms with Crippen molar-refractivity contribution in [2.45, 2.75) is 286 Å². The van der Waals surface area contributed by atoms with Crippen LogP contribution in [0.4, 0.5) is 0 Å². The van der Waals surface area contributed by atoms with Crippen molar-refractivity contribution in [1.29, 1.82) is 0 Å². The van der Waals surface area contributed by atoms with E-state index in [9.17, 15) is 45.6 Å². The highest BCUT2D eigenvalue weighted by Gasteiger charge is 2.51. The first-order chi connectivity index (χ1) is 31.6. The topological polar surface area (TPSA) is 228 Å². The van der Waals surface area contributed by atoms with Gasteiger partial charge in [0, 0.05) is 6.42 Å². The molecule has 0 aromatic carbocycles. The van der Waals surface area contributed by atoms with E-state index in [0.29, 0.717) is 19.3 Å². The summed E-state index contributed by atoms with van der Waals surface area (Å²) in [4.78, 5) is 13.2. The number of hydrogen-bond donors (Lipinski definition) is 9. The summed E-state index contributed by atoms with van der Waals surface area (Å²) < 4.78 is 22.8. The molecular weight excluding hydrogens is 835 g/mol. The summed E-state index contributed by atoms with van der Waals surface area (Å²) in [5, 5.41) is 86.9. The number of ether oxygens (including phenoxy) is 4. The zero-order chi connectivity index (χ0) is 47.5. The van der Waals surface area contributed by atoms with Crippen LogP contribution in [0.2, 0.25) is 0 Å². The highest BCUT2D eigenvalue weighted by atomic mass is 16.7. The van der Waals surface area contributed by atoms with Gasteiger partial charge in [-0.15, -0.1) is 0 Å². The summed E-state index contributed by atoms with van der Waals surface area (Å²) in [6, 6.07) is -0.828. The summed E-state index contributed by atoms with van der Waals surface area (Å²) in [6.45, 7) is 2.85. The Hall–Kier alpha value is -1.27. The predicted octanol–water partition coefficient (Wildman–Crippen LogP) is 7.16. The fourth-order valence-corrected chi connectivity index (χ4v) is 8.88. The number of amides is 1. The van der Waals surface area contributed by atoms with Gasteiger partial charge in [-0.05, 0) is 38.5 Å². The molecule has 2 aliphatic rings. The lowest BCUT2D eigenvalue weighted by atomic mass is 9.97. The Morgan fingerprint density at radius 3 is 1.46 bits per heavy atom. The van der Waals surface area contributed by atoms with Crippen molar-refractivity contribution in [1.82, 2.24) is 5.32 Å². The molecule has 2 fully saturated rings. The Kier molecular flexibility index (Phi) is 35.5. The maximum Gasteiger partial charge on any atom is 0.220 e. The van der Waals surface area contributed by atoms with Gasteiger partial charge in [0.15, 0.2) is 12.6 Å². The number of rotatable bonds is 41. The molecule has 0 bridgehead atoms. The Bertz CT molecular complexity index is 1150. The van der Waals surface area contributed by atoms with Crippen molar-refractivity contribution in [2.75, 3.05) is 19.8 Å². The van der Waals surface area contributed by atoms with E-state index in [0.717, 1.165) is 64.2 Å². The first kappa shape index (κ1) is 59.9. The van der Waals surface area contributed by atoms with E-state index >= 15 is 0 Å². The number of unbranched alkanes of at least 4 members (excludes halogenated alkanes) is 26. The lowest BCUT2D eigenvalue weighted by Gasteiger charge is -2.46. The molecule has 0 saturated carbocycles. The summed E-state index contributed by atoms with van der Waals surface area (Å²) in [5.74, 6) is -0.214. The molecule has 14 nitrogen and oxygen atoms in total. The molecule has 14 heteroatoms. The summed E-state index contributed by atoms with van der Waals surface area (Å²) in [6.07, 6.45) is 23.5. The first-order valence-electron chi connectivity index (χ1n) is 26.4. The Balaban J connectivity index is 1.82. The van der Waals surface area contributed by atoms with Crippen LogP contribution < -0.4 is 5.32 Å². The monoisotopic (exact) mass is 932 g/mol. The smallest absolute Gasteiger partial charge is 0.220 e. The lowest BCUT2D eigenvalue weighted by molar-refractivity contribution is -0.359. The van der Waals surface area contributed by atoms with Gasteiger partial charge in [-0.25, -0.2) is 0 Å². The zero-order valence-electron chi connectivity index (χ0n) is 40.7. The number of carbonyl (C=O) groups excluding carboxylic acids is 1. The van der Waals surface area contributed by atoms with E-state index in [1.54, 1.807) is 0 Å². The Morgan fingerprint density at radius 1 is 0.538 bits per heavy atom. The van der Waals surface area contributed by atoms with Crippen molar-refractivity contribution in [3.05, 3.63) is 12.2 Å².